The molecule has 0 bridgehead atoms. The summed E-state index contributed by atoms with van der Waals surface area (Å²) in [6.07, 6.45) is 0. The number of amides is 2. The number of nitrogens with one attached hydrogen (secondary N) is 1. The van der Waals surface area contributed by atoms with Crippen LogP contribution < -0.4 is 10.2 Å². The summed E-state index contributed by atoms with van der Waals surface area (Å²) in [7, 11) is 0. The van der Waals surface area contributed by atoms with Gasteiger partial charge in [-0.2, -0.15) is 0 Å². The second-order valence-electron chi connectivity index (χ2n) is 8.48. The van der Waals surface area contributed by atoms with Crippen molar-refractivity contribution in [3.8, 4) is 0 Å². The number of fused-ring (bicyclic) bond motifs is 1. The third-order valence-corrected chi connectivity index (χ3v) is 6.78. The van der Waals surface area contributed by atoms with E-state index in [-0.39, 0.29) is 17.6 Å². The van der Waals surface area contributed by atoms with Crippen molar-refractivity contribution in [1.82, 2.24) is 9.88 Å². The summed E-state index contributed by atoms with van der Waals surface area (Å²) >= 11 is 1.27. The summed E-state index contributed by atoms with van der Waals surface area (Å²) < 4.78 is 5.65. The van der Waals surface area contributed by atoms with Gasteiger partial charge in [0.1, 0.15) is 5.52 Å². The molecule has 178 valence electrons. The molecule has 4 aromatic rings. The Labute approximate surface area is 208 Å². The quantitative estimate of drug-likeness (QED) is 0.394. The van der Waals surface area contributed by atoms with Crippen LogP contribution in [0.25, 0.3) is 11.1 Å². The van der Waals surface area contributed by atoms with Crippen LogP contribution in [0.5, 0.6) is 0 Å². The van der Waals surface area contributed by atoms with Crippen molar-refractivity contribution < 1.29 is 14.0 Å². The number of aromatic nitrogens is 1. The first-order chi connectivity index (χ1) is 17.0. The first-order valence-electron chi connectivity index (χ1n) is 11.5. The van der Waals surface area contributed by atoms with Crippen LogP contribution in [0.3, 0.4) is 0 Å². The molecule has 0 atom stereocenters. The zero-order valence-corrected chi connectivity index (χ0v) is 20.3. The number of carbonyl (C=O) groups is 2. The number of carbonyl (C=O) groups excluding carboxylic acids is 2. The Hall–Kier alpha value is -3.78. The molecule has 0 unspecified atom stereocenters. The number of rotatable bonds is 6. The van der Waals surface area contributed by atoms with Crippen LogP contribution in [0.1, 0.15) is 15.9 Å². The van der Waals surface area contributed by atoms with E-state index in [1.54, 1.807) is 0 Å². The molecular formula is C27H26N4O3S. The Morgan fingerprint density at radius 3 is 2.49 bits per heavy atom. The summed E-state index contributed by atoms with van der Waals surface area (Å²) in [6.45, 7) is 4.89. The fourth-order valence-electron chi connectivity index (χ4n) is 4.12. The summed E-state index contributed by atoms with van der Waals surface area (Å²) in [6, 6.07) is 23.1. The minimum Gasteiger partial charge on any atom is -0.431 e. The van der Waals surface area contributed by atoms with E-state index >= 15 is 0 Å². The first kappa shape index (κ1) is 23.0. The maximum absolute atomic E-state index is 12.8. The van der Waals surface area contributed by atoms with Crippen molar-refractivity contribution in [2.75, 3.05) is 42.1 Å². The number of para-hydroxylation sites is 2. The summed E-state index contributed by atoms with van der Waals surface area (Å²) in [5, 5.41) is 3.40. The highest BCUT2D eigenvalue weighted by atomic mass is 32.2. The Kier molecular flexibility index (Phi) is 6.72. The fourth-order valence-corrected chi connectivity index (χ4v) is 4.76. The predicted octanol–water partition coefficient (Wildman–Crippen LogP) is 4.83. The molecule has 0 radical (unpaired) electrons. The van der Waals surface area contributed by atoms with Crippen LogP contribution in [-0.2, 0) is 4.79 Å². The van der Waals surface area contributed by atoms with Crippen molar-refractivity contribution in [1.29, 1.82) is 0 Å². The van der Waals surface area contributed by atoms with Gasteiger partial charge in [-0.15, -0.1) is 0 Å². The van der Waals surface area contributed by atoms with Gasteiger partial charge in [0, 0.05) is 43.1 Å². The number of oxazole rings is 1. The zero-order chi connectivity index (χ0) is 24.2. The van der Waals surface area contributed by atoms with Crippen molar-refractivity contribution in [2.24, 2.45) is 0 Å². The van der Waals surface area contributed by atoms with Crippen molar-refractivity contribution in [3.63, 3.8) is 0 Å². The van der Waals surface area contributed by atoms with Gasteiger partial charge in [-0.05, 0) is 55.5 Å². The normalized spacial score (nSPS) is 13.7. The van der Waals surface area contributed by atoms with Gasteiger partial charge >= 0.3 is 0 Å². The van der Waals surface area contributed by atoms with Crippen molar-refractivity contribution in [3.05, 3.63) is 83.9 Å². The van der Waals surface area contributed by atoms with E-state index in [1.165, 1.54) is 11.8 Å². The Morgan fingerprint density at radius 1 is 0.971 bits per heavy atom. The number of hydrogen-bond donors (Lipinski definition) is 1. The molecule has 2 heterocycles. The lowest BCUT2D eigenvalue weighted by Crippen LogP contribution is -2.48. The van der Waals surface area contributed by atoms with Crippen molar-refractivity contribution in [2.45, 2.75) is 12.1 Å². The van der Waals surface area contributed by atoms with E-state index in [4.69, 9.17) is 4.42 Å². The second kappa shape index (κ2) is 10.2. The largest absolute Gasteiger partial charge is 0.431 e. The van der Waals surface area contributed by atoms with Gasteiger partial charge in [0.15, 0.2) is 5.58 Å². The molecule has 0 spiro atoms. The van der Waals surface area contributed by atoms with E-state index < -0.39 is 0 Å². The molecule has 1 saturated heterocycles. The number of nitrogens with zero attached hydrogens (tertiary/aromatic N) is 3. The number of thioether (sulfide) groups is 1. The average Bonchev–Trinajstić information content (AvgIpc) is 3.31. The average molecular weight is 487 g/mol. The molecule has 5 rings (SSSR count). The molecular weight excluding hydrogens is 460 g/mol. The molecule has 1 aromatic heterocycles. The molecule has 0 saturated carbocycles. The highest BCUT2D eigenvalue weighted by molar-refractivity contribution is 7.99. The van der Waals surface area contributed by atoms with Crippen LogP contribution in [0.4, 0.5) is 11.4 Å². The molecule has 0 aliphatic carbocycles. The predicted molar refractivity (Wildman–Crippen MR) is 139 cm³/mol. The summed E-state index contributed by atoms with van der Waals surface area (Å²) in [5.74, 6) is 0.182. The molecule has 7 nitrogen and oxygen atoms in total. The highest BCUT2D eigenvalue weighted by Crippen LogP contribution is 2.24. The summed E-state index contributed by atoms with van der Waals surface area (Å²) in [4.78, 5) is 33.7. The Morgan fingerprint density at radius 2 is 1.74 bits per heavy atom. The van der Waals surface area contributed by atoms with Gasteiger partial charge in [-0.3, -0.25) is 9.59 Å². The first-order valence-corrected chi connectivity index (χ1v) is 12.5. The van der Waals surface area contributed by atoms with Crippen LogP contribution in [0.15, 0.2) is 82.4 Å². The SMILES string of the molecule is Cc1cccc(C(=O)N2CCN(c3ccc(NC(=O)CSc4nc5ccccc5o4)cc3)CC2)c1. The lowest BCUT2D eigenvalue weighted by atomic mass is 10.1. The lowest BCUT2D eigenvalue weighted by Gasteiger charge is -2.36. The lowest BCUT2D eigenvalue weighted by molar-refractivity contribution is -0.113. The fraction of sp³-hybridized carbons (Fsp3) is 0.222. The van der Waals surface area contributed by atoms with Gasteiger partial charge in [-0.1, -0.05) is 41.6 Å². The minimum absolute atomic E-state index is 0.0853. The maximum atomic E-state index is 12.8. The molecule has 1 N–H and O–H groups in total. The van der Waals surface area contributed by atoms with Crippen molar-refractivity contribution >= 4 is 46.1 Å². The third kappa shape index (κ3) is 5.49. The van der Waals surface area contributed by atoms with Crippen LogP contribution >= 0.6 is 11.8 Å². The van der Waals surface area contributed by atoms with E-state index in [1.807, 2.05) is 84.6 Å². The van der Waals surface area contributed by atoms with Gasteiger partial charge in [0.25, 0.3) is 11.1 Å². The van der Waals surface area contributed by atoms with Crippen LogP contribution in [0.2, 0.25) is 0 Å². The molecule has 8 heteroatoms. The van der Waals surface area contributed by atoms with E-state index in [0.29, 0.717) is 23.9 Å². The van der Waals surface area contributed by atoms with Gasteiger partial charge in [-0.25, -0.2) is 4.98 Å². The van der Waals surface area contributed by atoms with Gasteiger partial charge < -0.3 is 19.5 Å². The summed E-state index contributed by atoms with van der Waals surface area (Å²) in [5.41, 5.74) is 5.15. The molecule has 1 fully saturated rings. The number of benzene rings is 3. The Bertz CT molecular complexity index is 1310. The number of anilines is 2. The molecule has 2 amide bonds. The van der Waals surface area contributed by atoms with Crippen LogP contribution in [-0.4, -0.2) is 53.6 Å². The molecule has 3 aromatic carbocycles. The van der Waals surface area contributed by atoms with Gasteiger partial charge in [0.2, 0.25) is 5.91 Å². The zero-order valence-electron chi connectivity index (χ0n) is 19.4. The number of piperazine rings is 1. The second-order valence-corrected chi connectivity index (χ2v) is 9.41. The third-order valence-electron chi connectivity index (χ3n) is 5.95. The highest BCUT2D eigenvalue weighted by Gasteiger charge is 2.22. The molecule has 1 aliphatic heterocycles. The van der Waals surface area contributed by atoms with Gasteiger partial charge in [0.05, 0.1) is 5.75 Å². The minimum atomic E-state index is -0.117. The van der Waals surface area contributed by atoms with E-state index in [9.17, 15) is 9.59 Å². The smallest absolute Gasteiger partial charge is 0.257 e. The number of hydrogen-bond acceptors (Lipinski definition) is 6. The molecule has 35 heavy (non-hydrogen) atoms. The monoisotopic (exact) mass is 486 g/mol. The maximum Gasteiger partial charge on any atom is 0.257 e. The number of aryl methyl sites for hydroxylation is 1. The molecule has 1 aliphatic rings. The van der Waals surface area contributed by atoms with E-state index in [2.05, 4.69) is 15.2 Å². The topological polar surface area (TPSA) is 78.7 Å². The van der Waals surface area contributed by atoms with Crippen LogP contribution in [0, 0.1) is 6.92 Å². The van der Waals surface area contributed by atoms with E-state index in [0.717, 1.165) is 41.1 Å². The Balaban J connectivity index is 1.11. The standard InChI is InChI=1S/C27H26N4O3S/c1-19-5-4-6-20(17-19)26(33)31-15-13-30(14-16-31)22-11-9-21(10-12-22)28-25(32)18-35-27-29-23-7-2-3-8-24(23)34-27/h2-12,17H,13-16,18H2,1H3,(H,28,32).